The van der Waals surface area contributed by atoms with Crippen LogP contribution in [0.25, 0.3) is 11.0 Å². The van der Waals surface area contributed by atoms with Gasteiger partial charge in [-0.05, 0) is 25.5 Å². The average Bonchev–Trinajstić information content (AvgIpc) is 3.10. The highest BCUT2D eigenvalue weighted by Gasteiger charge is 2.23. The minimum atomic E-state index is -0.111. The third-order valence-electron chi connectivity index (χ3n) is 5.60. The van der Waals surface area contributed by atoms with Crippen LogP contribution in [0.5, 0.6) is 0 Å². The number of likely N-dealkylation sites (tertiary alicyclic amines) is 1. The Hall–Kier alpha value is -3.01. The van der Waals surface area contributed by atoms with Gasteiger partial charge in [-0.1, -0.05) is 6.42 Å². The molecule has 10 heteroatoms. The number of fused-ring (bicyclic) bond motifs is 1. The molecule has 4 heterocycles. The van der Waals surface area contributed by atoms with Gasteiger partial charge in [-0.3, -0.25) is 23.7 Å². The maximum Gasteiger partial charge on any atom is 0.266 e. The van der Waals surface area contributed by atoms with Crippen molar-refractivity contribution in [2.45, 2.75) is 31.8 Å². The van der Waals surface area contributed by atoms with E-state index in [1.54, 1.807) is 37.2 Å². The van der Waals surface area contributed by atoms with Crippen LogP contribution in [-0.4, -0.2) is 59.7 Å². The van der Waals surface area contributed by atoms with Crippen LogP contribution in [-0.2, 0) is 20.6 Å². The van der Waals surface area contributed by atoms with Crippen molar-refractivity contribution < 1.29 is 0 Å². The van der Waals surface area contributed by atoms with Crippen LogP contribution in [0.1, 0.15) is 19.3 Å². The normalized spacial score (nSPS) is 17.7. The molecule has 1 fully saturated rings. The second-order valence-corrected chi connectivity index (χ2v) is 7.46. The molecule has 0 radical (unpaired) electrons. The molecule has 1 aliphatic heterocycles. The highest BCUT2D eigenvalue weighted by atomic mass is 16.1. The maximum absolute atomic E-state index is 12.5. The summed E-state index contributed by atoms with van der Waals surface area (Å²) in [5.74, 6) is 0.539. The first kappa shape index (κ1) is 19.3. The minimum Gasteiger partial charge on any atom is -0.354 e. The molecule has 1 N–H and O–H groups in total. The zero-order valence-electron chi connectivity index (χ0n) is 16.8. The molecule has 1 atom stereocenters. The van der Waals surface area contributed by atoms with E-state index in [1.807, 2.05) is 0 Å². The van der Waals surface area contributed by atoms with E-state index in [1.165, 1.54) is 21.7 Å². The van der Waals surface area contributed by atoms with Crippen molar-refractivity contribution in [1.82, 2.24) is 34.0 Å². The first-order valence-corrected chi connectivity index (χ1v) is 9.93. The third-order valence-corrected chi connectivity index (χ3v) is 5.60. The predicted molar refractivity (Wildman–Crippen MR) is 110 cm³/mol. The lowest BCUT2D eigenvalue weighted by molar-refractivity contribution is 0.148. The molecule has 0 aromatic carbocycles. The van der Waals surface area contributed by atoms with Crippen molar-refractivity contribution in [2.24, 2.45) is 14.1 Å². The molecule has 0 bridgehead atoms. The summed E-state index contributed by atoms with van der Waals surface area (Å²) < 4.78 is 4.64. The Labute approximate surface area is 167 Å². The quantitative estimate of drug-likeness (QED) is 0.632. The van der Waals surface area contributed by atoms with Crippen molar-refractivity contribution in [3.05, 3.63) is 45.2 Å². The van der Waals surface area contributed by atoms with Crippen LogP contribution in [0.2, 0.25) is 0 Å². The Bertz CT molecular complexity index is 1120. The molecule has 10 nitrogen and oxygen atoms in total. The van der Waals surface area contributed by atoms with Gasteiger partial charge in [0.15, 0.2) is 5.65 Å². The molecule has 1 saturated heterocycles. The van der Waals surface area contributed by atoms with Gasteiger partial charge in [-0.2, -0.15) is 15.2 Å². The van der Waals surface area contributed by atoms with E-state index >= 15 is 0 Å². The number of rotatable bonds is 6. The largest absolute Gasteiger partial charge is 0.354 e. The molecule has 3 aromatic rings. The molecular weight excluding hydrogens is 372 g/mol. The second-order valence-electron chi connectivity index (χ2n) is 7.46. The number of nitrogens with one attached hydrogen (secondary N) is 1. The summed E-state index contributed by atoms with van der Waals surface area (Å²) in [5, 5.41) is 12.1. The number of hydrogen-bond donors (Lipinski definition) is 1. The SMILES string of the molecule is Cn1c(NCC2CCCCN2CCn2ncccc2=O)nc2c(cnn2C)c1=O. The summed E-state index contributed by atoms with van der Waals surface area (Å²) in [6.45, 7) is 2.99. The van der Waals surface area contributed by atoms with Crippen LogP contribution < -0.4 is 16.4 Å². The zero-order valence-corrected chi connectivity index (χ0v) is 16.8. The predicted octanol–water partition coefficient (Wildman–Crippen LogP) is 0.190. The van der Waals surface area contributed by atoms with E-state index in [9.17, 15) is 9.59 Å². The first-order valence-electron chi connectivity index (χ1n) is 9.93. The van der Waals surface area contributed by atoms with Gasteiger partial charge < -0.3 is 5.32 Å². The van der Waals surface area contributed by atoms with E-state index in [0.717, 1.165) is 25.9 Å². The molecule has 0 aliphatic carbocycles. The Kier molecular flexibility index (Phi) is 5.43. The zero-order chi connectivity index (χ0) is 20.4. The van der Waals surface area contributed by atoms with Crippen LogP contribution in [0.15, 0.2) is 34.1 Å². The lowest BCUT2D eigenvalue weighted by Crippen LogP contribution is -2.46. The van der Waals surface area contributed by atoms with Gasteiger partial charge in [0.05, 0.1) is 12.7 Å². The van der Waals surface area contributed by atoms with Gasteiger partial charge in [-0.15, -0.1) is 0 Å². The van der Waals surface area contributed by atoms with E-state index in [4.69, 9.17) is 0 Å². The number of aryl methyl sites for hydroxylation is 1. The van der Waals surface area contributed by atoms with E-state index in [0.29, 0.717) is 36.1 Å². The second kappa shape index (κ2) is 8.16. The van der Waals surface area contributed by atoms with E-state index in [2.05, 4.69) is 25.4 Å². The number of piperidine rings is 1. The van der Waals surface area contributed by atoms with Gasteiger partial charge >= 0.3 is 0 Å². The molecule has 0 saturated carbocycles. The summed E-state index contributed by atoms with van der Waals surface area (Å²) in [4.78, 5) is 31.4. The Morgan fingerprint density at radius 2 is 2.03 bits per heavy atom. The topological polar surface area (TPSA) is 103 Å². The summed E-state index contributed by atoms with van der Waals surface area (Å²) in [7, 11) is 3.50. The van der Waals surface area contributed by atoms with Gasteiger partial charge in [-0.25, -0.2) is 4.68 Å². The number of anilines is 1. The van der Waals surface area contributed by atoms with Crippen LogP contribution in [0, 0.1) is 0 Å². The van der Waals surface area contributed by atoms with Gasteiger partial charge in [0, 0.05) is 45.5 Å². The van der Waals surface area contributed by atoms with Crippen molar-refractivity contribution in [1.29, 1.82) is 0 Å². The smallest absolute Gasteiger partial charge is 0.266 e. The van der Waals surface area contributed by atoms with E-state index < -0.39 is 0 Å². The number of aromatic nitrogens is 6. The Morgan fingerprint density at radius 1 is 1.17 bits per heavy atom. The Balaban J connectivity index is 1.46. The van der Waals surface area contributed by atoms with Crippen molar-refractivity contribution >= 4 is 17.0 Å². The van der Waals surface area contributed by atoms with E-state index in [-0.39, 0.29) is 11.1 Å². The van der Waals surface area contributed by atoms with Crippen molar-refractivity contribution in [3.63, 3.8) is 0 Å². The fourth-order valence-corrected chi connectivity index (χ4v) is 3.90. The summed E-state index contributed by atoms with van der Waals surface area (Å²) in [5.41, 5.74) is 0.383. The fourth-order valence-electron chi connectivity index (χ4n) is 3.90. The number of nitrogens with zero attached hydrogens (tertiary/aromatic N) is 7. The molecule has 0 amide bonds. The maximum atomic E-state index is 12.5. The molecule has 0 spiro atoms. The lowest BCUT2D eigenvalue weighted by Gasteiger charge is -2.36. The monoisotopic (exact) mass is 398 g/mol. The van der Waals surface area contributed by atoms with Gasteiger partial charge in [0.2, 0.25) is 5.95 Å². The third kappa shape index (κ3) is 3.93. The molecule has 154 valence electrons. The summed E-state index contributed by atoms with van der Waals surface area (Å²) in [6.07, 6.45) is 6.56. The highest BCUT2D eigenvalue weighted by Crippen LogP contribution is 2.18. The van der Waals surface area contributed by atoms with Crippen LogP contribution in [0.3, 0.4) is 0 Å². The first-order chi connectivity index (χ1) is 14.0. The average molecular weight is 398 g/mol. The number of hydrogen-bond acceptors (Lipinski definition) is 7. The van der Waals surface area contributed by atoms with Gasteiger partial charge in [0.1, 0.15) is 5.39 Å². The lowest BCUT2D eigenvalue weighted by atomic mass is 10.0. The standard InChI is InChI=1S/C19H26N8O2/c1-24-18(29)15-13-22-25(2)17(15)23-19(24)20-12-14-6-3-4-9-26(14)10-11-27-16(28)7-5-8-21-27/h5,7-8,13-14H,3-4,6,9-12H2,1-2H3,(H,20,23). The minimum absolute atomic E-state index is 0.0807. The van der Waals surface area contributed by atoms with Crippen molar-refractivity contribution in [2.75, 3.05) is 25.0 Å². The Morgan fingerprint density at radius 3 is 2.86 bits per heavy atom. The molecular formula is C19H26N8O2. The van der Waals surface area contributed by atoms with Gasteiger partial charge in [0.25, 0.3) is 11.1 Å². The van der Waals surface area contributed by atoms with Crippen LogP contribution >= 0.6 is 0 Å². The molecule has 1 aliphatic rings. The summed E-state index contributed by atoms with van der Waals surface area (Å²) >= 11 is 0. The molecule has 4 rings (SSSR count). The molecule has 29 heavy (non-hydrogen) atoms. The summed E-state index contributed by atoms with van der Waals surface area (Å²) in [6, 6.07) is 3.49. The molecule has 3 aromatic heterocycles. The van der Waals surface area contributed by atoms with Crippen LogP contribution in [0.4, 0.5) is 5.95 Å². The highest BCUT2D eigenvalue weighted by molar-refractivity contribution is 5.74. The molecule has 1 unspecified atom stereocenters. The van der Waals surface area contributed by atoms with Crippen molar-refractivity contribution in [3.8, 4) is 0 Å². The fraction of sp³-hybridized carbons (Fsp3) is 0.526.